The normalized spacial score (nSPS) is 20.4. The Morgan fingerprint density at radius 3 is 2.12 bits per heavy atom. The van der Waals surface area contributed by atoms with Crippen molar-refractivity contribution < 1.29 is 9.47 Å². The molecule has 2 aromatic carbocycles. The maximum absolute atomic E-state index is 6.36. The lowest BCUT2D eigenvalue weighted by atomic mass is 9.64. The molecule has 0 radical (unpaired) electrons. The van der Waals surface area contributed by atoms with Crippen LogP contribution in [0, 0.1) is 5.92 Å². The first kappa shape index (κ1) is 32.7. The summed E-state index contributed by atoms with van der Waals surface area (Å²) < 4.78 is 12.2. The molecule has 0 amide bonds. The number of hydrogen-bond donors (Lipinski definition) is 0. The van der Waals surface area contributed by atoms with Gasteiger partial charge in [0.1, 0.15) is 5.76 Å². The predicted octanol–water partition coefficient (Wildman–Crippen LogP) is 7.11. The van der Waals surface area contributed by atoms with Crippen LogP contribution in [0.4, 0.5) is 0 Å². The summed E-state index contributed by atoms with van der Waals surface area (Å²) in [5.41, 5.74) is 2.65. The Balaban J connectivity index is 1.38. The molecule has 2 aliphatic carbocycles. The molecule has 2 nitrogen and oxygen atoms in total. The maximum Gasteiger partial charge on any atom is 0.115 e. The Morgan fingerprint density at radius 2 is 1.57 bits per heavy atom. The Labute approximate surface area is 260 Å². The lowest BCUT2D eigenvalue weighted by Crippen LogP contribution is -2.47. The fourth-order valence-electron chi connectivity index (χ4n) is 6.42. The second kappa shape index (κ2) is 14.5. The summed E-state index contributed by atoms with van der Waals surface area (Å²) in [6, 6.07) is 20.0. The topological polar surface area (TPSA) is 18.5 Å². The summed E-state index contributed by atoms with van der Waals surface area (Å²) in [4.78, 5) is 0. The predicted molar refractivity (Wildman–Crippen MR) is 192 cm³/mol. The van der Waals surface area contributed by atoms with Crippen LogP contribution in [0.15, 0.2) is 96.3 Å². The van der Waals surface area contributed by atoms with E-state index in [-0.39, 0.29) is 11.5 Å². The van der Waals surface area contributed by atoms with Crippen LogP contribution in [-0.4, -0.2) is 45.0 Å². The molecule has 0 fully saturated rings. The Kier molecular flexibility index (Phi) is 11.3. The van der Waals surface area contributed by atoms with Gasteiger partial charge in [0.2, 0.25) is 0 Å². The molecule has 42 heavy (non-hydrogen) atoms. The first-order valence-electron chi connectivity index (χ1n) is 16.3. The molecule has 0 aliphatic heterocycles. The first-order valence-corrected chi connectivity index (χ1v) is 25.2. The van der Waals surface area contributed by atoms with Gasteiger partial charge in [0, 0.05) is 12.0 Å². The lowest BCUT2D eigenvalue weighted by molar-refractivity contribution is 0.0971. The van der Waals surface area contributed by atoms with Gasteiger partial charge in [-0.15, -0.1) is 0 Å². The highest BCUT2D eigenvalue weighted by molar-refractivity contribution is 6.90. The van der Waals surface area contributed by atoms with Crippen LogP contribution in [0.25, 0.3) is 0 Å². The van der Waals surface area contributed by atoms with Crippen LogP contribution in [0.1, 0.15) is 38.7 Å². The van der Waals surface area contributed by atoms with E-state index in [4.69, 9.17) is 9.47 Å². The van der Waals surface area contributed by atoms with E-state index < -0.39 is 25.7 Å². The van der Waals surface area contributed by atoms with Gasteiger partial charge in [0.25, 0.3) is 0 Å². The van der Waals surface area contributed by atoms with E-state index in [0.717, 1.165) is 38.2 Å². The third-order valence-corrected chi connectivity index (χ3v) is 16.3. The van der Waals surface area contributed by atoms with Crippen molar-refractivity contribution in [2.75, 3.05) is 13.2 Å². The fraction of sp³-hybridized carbons (Fsp3) is 0.459. The van der Waals surface area contributed by atoms with Crippen LogP contribution in [0.3, 0.4) is 0 Å². The number of ether oxygens (including phenoxy) is 2. The van der Waals surface area contributed by atoms with Crippen molar-refractivity contribution in [1.29, 1.82) is 0 Å². The van der Waals surface area contributed by atoms with Gasteiger partial charge in [-0.25, -0.2) is 0 Å². The van der Waals surface area contributed by atoms with Gasteiger partial charge in [-0.05, 0) is 55.4 Å². The van der Waals surface area contributed by atoms with Crippen molar-refractivity contribution in [3.05, 3.63) is 102 Å². The zero-order valence-corrected chi connectivity index (χ0v) is 30.8. The van der Waals surface area contributed by atoms with E-state index in [2.05, 4.69) is 138 Å². The molecule has 0 bridgehead atoms. The zero-order chi connectivity index (χ0) is 30.3. The minimum atomic E-state index is -1.52. The second-order valence-electron chi connectivity index (χ2n) is 13.7. The van der Waals surface area contributed by atoms with E-state index in [1.165, 1.54) is 17.2 Å². The Morgan fingerprint density at radius 1 is 0.881 bits per heavy atom. The molecule has 0 aromatic heterocycles. The van der Waals surface area contributed by atoms with Gasteiger partial charge in [0.05, 0.1) is 38.4 Å². The van der Waals surface area contributed by atoms with Gasteiger partial charge in [0.15, 0.2) is 0 Å². The number of hydrogen-bond acceptors (Lipinski definition) is 2. The monoisotopic (exact) mass is 614 g/mol. The van der Waals surface area contributed by atoms with E-state index in [1.807, 2.05) is 0 Å². The molecular formula is C37H54O2Si3. The van der Waals surface area contributed by atoms with Crippen molar-refractivity contribution in [1.82, 2.24) is 0 Å². The molecule has 0 heterocycles. The van der Waals surface area contributed by atoms with Crippen molar-refractivity contribution in [3.8, 4) is 0 Å². The number of rotatable bonds is 13. The summed E-state index contributed by atoms with van der Waals surface area (Å²) in [6.45, 7) is 21.0. The molecule has 2 aromatic rings. The van der Waals surface area contributed by atoms with Crippen LogP contribution >= 0.6 is 0 Å². The molecule has 0 spiro atoms. The molecule has 0 N–H and O–H groups in total. The van der Waals surface area contributed by atoms with Crippen molar-refractivity contribution >= 4 is 41.2 Å². The molecular weight excluding hydrogens is 561 g/mol. The van der Waals surface area contributed by atoms with Crippen molar-refractivity contribution in [3.63, 3.8) is 0 Å². The quantitative estimate of drug-likeness (QED) is 0.177. The standard InChI is InChI=1S/C37H54O2Si3/c1-9-38-32-20-16-30(17-21-32)37(2,29-14-11-10-12-15-29)31-18-22-33(23-19-31)39-24-13-25-42(7,8)36-27-34(40(3)4)26-35(28-36)41(5)6/h10-12,14-18,20,22-23,26-28,31-32,40-41H,9,13,19,21,24-25H2,1-8H3. The van der Waals surface area contributed by atoms with Crippen molar-refractivity contribution in [2.45, 2.75) is 90.0 Å². The number of benzene rings is 2. The molecule has 5 heteroatoms. The third kappa shape index (κ3) is 7.85. The largest absolute Gasteiger partial charge is 0.494 e. The summed E-state index contributed by atoms with van der Waals surface area (Å²) in [7, 11) is -3.14. The van der Waals surface area contributed by atoms with Crippen LogP contribution in [-0.2, 0) is 14.9 Å². The van der Waals surface area contributed by atoms with E-state index in [0.29, 0.717) is 5.92 Å². The molecule has 0 saturated carbocycles. The molecule has 2 aliphatic rings. The van der Waals surface area contributed by atoms with Gasteiger partial charge >= 0.3 is 0 Å². The maximum atomic E-state index is 6.36. The summed E-state index contributed by atoms with van der Waals surface area (Å²) in [5, 5.41) is 4.98. The molecule has 0 saturated heterocycles. The smallest absolute Gasteiger partial charge is 0.115 e. The van der Waals surface area contributed by atoms with Crippen LogP contribution in [0.5, 0.6) is 0 Å². The molecule has 4 rings (SSSR count). The molecule has 226 valence electrons. The van der Waals surface area contributed by atoms with Gasteiger partial charge in [-0.1, -0.05) is 141 Å². The van der Waals surface area contributed by atoms with Gasteiger partial charge < -0.3 is 9.47 Å². The number of allylic oxidation sites excluding steroid dienone is 5. The average Bonchev–Trinajstić information content (AvgIpc) is 3.00. The first-order chi connectivity index (χ1) is 20.0. The summed E-state index contributed by atoms with van der Waals surface area (Å²) in [5.74, 6) is 1.40. The van der Waals surface area contributed by atoms with E-state index in [9.17, 15) is 0 Å². The lowest BCUT2D eigenvalue weighted by Gasteiger charge is -2.40. The highest BCUT2D eigenvalue weighted by Crippen LogP contribution is 2.45. The van der Waals surface area contributed by atoms with Gasteiger partial charge in [-0.3, -0.25) is 0 Å². The molecule has 3 unspecified atom stereocenters. The minimum Gasteiger partial charge on any atom is -0.494 e. The highest BCUT2D eigenvalue weighted by Gasteiger charge is 2.38. The highest BCUT2D eigenvalue weighted by atomic mass is 28.3. The minimum absolute atomic E-state index is 0.103. The van der Waals surface area contributed by atoms with Crippen LogP contribution < -0.4 is 15.6 Å². The molecule has 3 atom stereocenters. The summed E-state index contributed by atoms with van der Waals surface area (Å²) in [6.07, 6.45) is 17.1. The van der Waals surface area contributed by atoms with Crippen LogP contribution in [0.2, 0.25) is 45.3 Å². The van der Waals surface area contributed by atoms with E-state index in [1.54, 1.807) is 15.6 Å². The Hall–Kier alpha value is -2.19. The SMILES string of the molecule is CCOC1C=CC(C(C)(c2ccccc2)C2C=CC(OCCC[Si](C)(C)c3cc([SiH](C)C)cc([SiH](C)C)c3)=CC2)=CC1. The summed E-state index contributed by atoms with van der Waals surface area (Å²) >= 11 is 0. The van der Waals surface area contributed by atoms with Crippen molar-refractivity contribution in [2.24, 2.45) is 5.92 Å². The van der Waals surface area contributed by atoms with Gasteiger partial charge in [-0.2, -0.15) is 0 Å². The zero-order valence-electron chi connectivity index (χ0n) is 27.5. The van der Waals surface area contributed by atoms with E-state index >= 15 is 0 Å². The fourth-order valence-corrected chi connectivity index (χ4v) is 11.5. The third-order valence-electron chi connectivity index (χ3n) is 9.53. The second-order valence-corrected chi connectivity index (χ2v) is 24.5. The average molecular weight is 615 g/mol. The Bertz CT molecular complexity index is 1280.